The molecule has 1 aliphatic rings. The Hall–Kier alpha value is -2.58. The molecule has 5 aromatic heterocycles. The summed E-state index contributed by atoms with van der Waals surface area (Å²) < 4.78 is 3.92. The van der Waals surface area contributed by atoms with Crippen molar-refractivity contribution in [3.05, 3.63) is 77.7 Å². The van der Waals surface area contributed by atoms with Gasteiger partial charge in [0.25, 0.3) is 0 Å². The van der Waals surface area contributed by atoms with Gasteiger partial charge < -0.3 is 0 Å². The Morgan fingerprint density at radius 3 is 1.26 bits per heavy atom. The normalized spacial score (nSPS) is 13.0. The van der Waals surface area contributed by atoms with E-state index in [1.165, 1.54) is 32.1 Å². The monoisotopic (exact) mass is 830 g/mol. The average molecular weight is 831 g/mol. The van der Waals surface area contributed by atoms with E-state index in [-0.39, 0.29) is 32.5 Å². The van der Waals surface area contributed by atoms with Crippen molar-refractivity contribution in [2.45, 2.75) is 152 Å². The molecule has 0 spiro atoms. The first-order valence-corrected chi connectivity index (χ1v) is 22.4. The van der Waals surface area contributed by atoms with Crippen LogP contribution in [-0.2, 0) is 27.1 Å². The third-order valence-corrected chi connectivity index (χ3v) is 12.0. The first-order valence-electron chi connectivity index (χ1n) is 18.1. The van der Waals surface area contributed by atoms with Gasteiger partial charge in [-0.25, -0.2) is 24.9 Å². The van der Waals surface area contributed by atoms with Crippen molar-refractivity contribution < 1.29 is 0 Å². The van der Waals surface area contributed by atoms with Crippen molar-refractivity contribution in [1.82, 2.24) is 29.3 Å². The highest BCUT2D eigenvalue weighted by Gasteiger charge is 2.20. The SMILES string of the molecule is CC(C)(C)C1=NCC=N1.CC(C)(C)c1cncs1.CC(C)(C)c1cscn1.CC(C)(C)c1nccs1.CC(C)(C)c1nccs1.CC(C)(C)c1ncns1. The topological polar surface area (TPSA) is 102 Å². The fourth-order valence-electron chi connectivity index (χ4n) is 3.59. The van der Waals surface area contributed by atoms with Crippen LogP contribution in [0.4, 0.5) is 0 Å². The third-order valence-electron chi connectivity index (χ3n) is 6.73. The summed E-state index contributed by atoms with van der Waals surface area (Å²) in [6, 6.07) is 0. The van der Waals surface area contributed by atoms with Crippen molar-refractivity contribution in [1.29, 1.82) is 0 Å². The predicted octanol–water partition coefficient (Wildman–Crippen LogP) is 13.1. The molecule has 300 valence electrons. The first-order chi connectivity index (χ1) is 24.6. The lowest BCUT2D eigenvalue weighted by Gasteiger charge is -2.14. The number of amidine groups is 1. The summed E-state index contributed by atoms with van der Waals surface area (Å²) in [5.74, 6) is 0.975. The van der Waals surface area contributed by atoms with Crippen molar-refractivity contribution in [3.63, 3.8) is 0 Å². The fourth-order valence-corrected chi connectivity index (χ4v) is 7.09. The molecule has 0 saturated carbocycles. The zero-order valence-electron chi connectivity index (χ0n) is 36.1. The second kappa shape index (κ2) is 21.6. The minimum absolute atomic E-state index is 0.132. The van der Waals surface area contributed by atoms with Crippen molar-refractivity contribution in [2.75, 3.05) is 6.54 Å². The Bertz CT molecular complexity index is 1440. The van der Waals surface area contributed by atoms with Gasteiger partial charge in [-0.1, -0.05) is 125 Å². The highest BCUT2D eigenvalue weighted by Crippen LogP contribution is 2.26. The molecule has 0 bridgehead atoms. The number of nitrogens with zero attached hydrogens (tertiary/aromatic N) is 8. The maximum absolute atomic E-state index is 4.21. The predicted molar refractivity (Wildman–Crippen MR) is 242 cm³/mol. The van der Waals surface area contributed by atoms with E-state index in [2.05, 4.69) is 169 Å². The lowest BCUT2D eigenvalue weighted by atomic mass is 9.93. The van der Waals surface area contributed by atoms with Gasteiger partial charge in [-0.05, 0) is 16.9 Å². The summed E-state index contributed by atoms with van der Waals surface area (Å²) in [6.45, 7) is 39.7. The second-order valence-corrected chi connectivity index (χ2v) is 22.8. The molecular weight excluding hydrogens is 765 g/mol. The first kappa shape index (κ1) is 49.4. The van der Waals surface area contributed by atoms with Crippen molar-refractivity contribution in [3.8, 4) is 0 Å². The Morgan fingerprint density at radius 2 is 1.07 bits per heavy atom. The average Bonchev–Trinajstić information content (AvgIpc) is 3.89. The summed E-state index contributed by atoms with van der Waals surface area (Å²) >= 11 is 8.28. The van der Waals surface area contributed by atoms with E-state index in [4.69, 9.17) is 0 Å². The van der Waals surface area contributed by atoms with E-state index in [1.54, 1.807) is 51.7 Å². The van der Waals surface area contributed by atoms with E-state index in [0.717, 1.165) is 17.4 Å². The van der Waals surface area contributed by atoms with Gasteiger partial charge in [-0.3, -0.25) is 9.98 Å². The second-order valence-electron chi connectivity index (χ2n) is 18.6. The number of aliphatic imine (C=N–C) groups is 2. The smallest absolute Gasteiger partial charge is 0.129 e. The molecular formula is C41H66N8S5. The number of rotatable bonds is 0. The Balaban J connectivity index is 0.000000324. The summed E-state index contributed by atoms with van der Waals surface area (Å²) in [6.07, 6.45) is 9.09. The van der Waals surface area contributed by atoms with Gasteiger partial charge >= 0.3 is 0 Å². The van der Waals surface area contributed by atoms with Gasteiger partial charge in [-0.15, -0.1) is 45.3 Å². The van der Waals surface area contributed by atoms with Crippen LogP contribution in [-0.4, -0.2) is 47.9 Å². The lowest BCUT2D eigenvalue weighted by molar-refractivity contribution is 0.573. The molecule has 54 heavy (non-hydrogen) atoms. The zero-order valence-corrected chi connectivity index (χ0v) is 40.2. The summed E-state index contributed by atoms with van der Waals surface area (Å²) in [5.41, 5.74) is 6.20. The Labute approximate surface area is 347 Å². The van der Waals surface area contributed by atoms with E-state index in [9.17, 15) is 0 Å². The molecule has 13 heteroatoms. The molecule has 0 unspecified atom stereocenters. The molecule has 0 N–H and O–H groups in total. The van der Waals surface area contributed by atoms with Gasteiger partial charge in [0.1, 0.15) is 17.2 Å². The molecule has 0 aromatic carbocycles. The maximum Gasteiger partial charge on any atom is 0.129 e. The van der Waals surface area contributed by atoms with Crippen LogP contribution >= 0.6 is 56.9 Å². The van der Waals surface area contributed by atoms with Gasteiger partial charge in [0.2, 0.25) is 0 Å². The standard InChI is InChI=1S/C7H12N2.4C7H11NS.C6H10N2S/c1-7(2,3)6-8-4-5-9-6;1-7(2,3)6-4-9-5-8-6;1-7(2,3)6-4-8-5-9-6;2*1-7(2,3)6-8-4-5-9-6;1-6(2,3)5-7-4-8-9-5/h4H,5H2,1-3H3;4*4-5H,1-3H3;4H,1-3H3. The molecule has 0 fully saturated rings. The Kier molecular flexibility index (Phi) is 19.8. The molecule has 5 aromatic rings. The van der Waals surface area contributed by atoms with Gasteiger partial charge in [0.05, 0.1) is 33.3 Å². The van der Waals surface area contributed by atoms with Gasteiger partial charge in [0, 0.05) is 72.9 Å². The van der Waals surface area contributed by atoms with E-state index in [0.29, 0.717) is 0 Å². The van der Waals surface area contributed by atoms with Crippen LogP contribution in [0.15, 0.2) is 62.1 Å². The highest BCUT2D eigenvalue weighted by molar-refractivity contribution is 7.10. The van der Waals surface area contributed by atoms with Crippen LogP contribution in [0.3, 0.4) is 0 Å². The third kappa shape index (κ3) is 20.4. The van der Waals surface area contributed by atoms with Gasteiger partial charge in [0.15, 0.2) is 0 Å². The van der Waals surface area contributed by atoms with E-state index in [1.807, 2.05) is 46.6 Å². The molecule has 6 heterocycles. The van der Waals surface area contributed by atoms with Crippen molar-refractivity contribution >= 4 is 68.9 Å². The van der Waals surface area contributed by atoms with E-state index >= 15 is 0 Å². The molecule has 0 aliphatic carbocycles. The summed E-state index contributed by atoms with van der Waals surface area (Å²) in [5, 5.41) is 9.65. The molecule has 0 radical (unpaired) electrons. The molecule has 0 atom stereocenters. The van der Waals surface area contributed by atoms with Crippen LogP contribution in [0, 0.1) is 5.41 Å². The van der Waals surface area contributed by atoms with Gasteiger partial charge in [-0.2, -0.15) is 4.37 Å². The lowest BCUT2D eigenvalue weighted by Crippen LogP contribution is -2.16. The number of thiazole rings is 4. The largest absolute Gasteiger partial charge is 0.264 e. The minimum Gasteiger partial charge on any atom is -0.264 e. The molecule has 0 amide bonds. The molecule has 1 aliphatic heterocycles. The van der Waals surface area contributed by atoms with Crippen molar-refractivity contribution in [2.24, 2.45) is 15.4 Å². The number of hydrogen-bond acceptors (Lipinski definition) is 13. The summed E-state index contributed by atoms with van der Waals surface area (Å²) in [7, 11) is 0. The van der Waals surface area contributed by atoms with Crippen LogP contribution in [0.2, 0.25) is 0 Å². The zero-order chi connectivity index (χ0) is 41.4. The van der Waals surface area contributed by atoms with Crippen LogP contribution in [0.1, 0.15) is 150 Å². The maximum atomic E-state index is 4.21. The number of hydrogen-bond donors (Lipinski definition) is 0. The quantitative estimate of drug-likeness (QED) is 0.154. The van der Waals surface area contributed by atoms with Crippen LogP contribution in [0.5, 0.6) is 0 Å². The summed E-state index contributed by atoms with van der Waals surface area (Å²) in [4.78, 5) is 30.4. The molecule has 6 rings (SSSR count). The van der Waals surface area contributed by atoms with Crippen LogP contribution < -0.4 is 0 Å². The minimum atomic E-state index is 0.132. The van der Waals surface area contributed by atoms with Crippen LogP contribution in [0.25, 0.3) is 0 Å². The highest BCUT2D eigenvalue weighted by atomic mass is 32.1. The molecule has 8 nitrogen and oxygen atoms in total. The molecule has 0 saturated heterocycles. The fraction of sp³-hybridized carbons (Fsp3) is 0.610. The number of aromatic nitrogens is 6. The Morgan fingerprint density at radius 1 is 0.537 bits per heavy atom. The van der Waals surface area contributed by atoms with E-state index < -0.39 is 0 Å².